The van der Waals surface area contributed by atoms with Crippen molar-refractivity contribution in [1.29, 1.82) is 0 Å². The molecule has 270 valence electrons. The van der Waals surface area contributed by atoms with Crippen LogP contribution >= 0.6 is 46.3 Å². The number of rotatable bonds is 12. The standard InChI is InChI=1S/C38H36Cl2N4O6S2/c1-4-31(36(48)43-37-33(38(49)50-5-2)28-16-17-44(22(3)45)21-32(28)52-37)51-27-13-9-12-26(20-27)41-35(47)30(18-24-14-15-25(39)19-29(24)40)42-34(46)23-10-7-6-8-11-23/h6-15,18-20,31H,4-5,16-17,21H2,1-3H3,(H,41,47)(H,42,46)(H,43,48)/b30-18+. The number of fused-ring (bicyclic) bond motifs is 1. The maximum absolute atomic E-state index is 13.7. The molecule has 0 aliphatic carbocycles. The second kappa shape index (κ2) is 17.7. The highest BCUT2D eigenvalue weighted by atomic mass is 35.5. The summed E-state index contributed by atoms with van der Waals surface area (Å²) >= 11 is 15.0. The normalized spacial score (nSPS) is 13.1. The number of hydrogen-bond acceptors (Lipinski definition) is 8. The predicted molar refractivity (Wildman–Crippen MR) is 207 cm³/mol. The molecular weight excluding hydrogens is 743 g/mol. The third-order valence-electron chi connectivity index (χ3n) is 8.04. The highest BCUT2D eigenvalue weighted by Crippen LogP contribution is 2.39. The molecule has 1 aliphatic rings. The van der Waals surface area contributed by atoms with E-state index in [2.05, 4.69) is 16.0 Å². The van der Waals surface area contributed by atoms with Crippen LogP contribution in [0, 0.1) is 0 Å². The quantitative estimate of drug-likeness (QED) is 0.0753. The molecule has 10 nitrogen and oxygen atoms in total. The van der Waals surface area contributed by atoms with Gasteiger partial charge >= 0.3 is 5.97 Å². The summed E-state index contributed by atoms with van der Waals surface area (Å²) < 4.78 is 5.34. The van der Waals surface area contributed by atoms with Crippen LogP contribution in [-0.4, -0.2) is 52.9 Å². The minimum Gasteiger partial charge on any atom is -0.462 e. The number of benzene rings is 3. The predicted octanol–water partition coefficient (Wildman–Crippen LogP) is 8.06. The first-order valence-corrected chi connectivity index (χ1v) is 18.9. The van der Waals surface area contributed by atoms with Crippen LogP contribution in [0.25, 0.3) is 6.08 Å². The monoisotopic (exact) mass is 778 g/mol. The third-order valence-corrected chi connectivity index (χ3v) is 11.1. The van der Waals surface area contributed by atoms with Gasteiger partial charge in [-0.25, -0.2) is 4.79 Å². The summed E-state index contributed by atoms with van der Waals surface area (Å²) in [7, 11) is 0. The number of halogens is 2. The van der Waals surface area contributed by atoms with Gasteiger partial charge in [0.2, 0.25) is 11.8 Å². The van der Waals surface area contributed by atoms with Crippen molar-refractivity contribution in [3.63, 3.8) is 0 Å². The number of carbonyl (C=O) groups is 5. The number of esters is 1. The van der Waals surface area contributed by atoms with Gasteiger partial charge in [0.05, 0.1) is 24.0 Å². The van der Waals surface area contributed by atoms with Crippen LogP contribution in [0.5, 0.6) is 0 Å². The smallest absolute Gasteiger partial charge is 0.341 e. The van der Waals surface area contributed by atoms with Crippen molar-refractivity contribution >= 4 is 92.7 Å². The zero-order valence-corrected chi connectivity index (χ0v) is 31.7. The molecule has 1 aliphatic heterocycles. The second-order valence-electron chi connectivity index (χ2n) is 11.6. The van der Waals surface area contributed by atoms with Crippen LogP contribution in [0.1, 0.15) is 63.9 Å². The first-order chi connectivity index (χ1) is 25.0. The van der Waals surface area contributed by atoms with E-state index in [-0.39, 0.29) is 24.1 Å². The summed E-state index contributed by atoms with van der Waals surface area (Å²) in [5, 5.41) is 9.06. The number of hydrogen-bond donors (Lipinski definition) is 3. The SMILES string of the molecule is CCOC(=O)c1c(NC(=O)C(CC)Sc2cccc(NC(=O)/C(=C\c3ccc(Cl)cc3Cl)NC(=O)c3ccccc3)c2)sc2c1CCN(C(C)=O)C2. The number of amides is 4. The van der Waals surface area contributed by atoms with E-state index in [4.69, 9.17) is 27.9 Å². The highest BCUT2D eigenvalue weighted by Gasteiger charge is 2.31. The first-order valence-electron chi connectivity index (χ1n) is 16.5. The van der Waals surface area contributed by atoms with E-state index in [1.807, 2.05) is 13.0 Å². The van der Waals surface area contributed by atoms with Crippen LogP contribution in [0.15, 0.2) is 83.4 Å². The molecule has 4 amide bonds. The molecule has 1 aromatic heterocycles. The number of thiophene rings is 1. The van der Waals surface area contributed by atoms with Gasteiger partial charge in [-0.05, 0) is 79.4 Å². The third kappa shape index (κ3) is 9.62. The number of nitrogens with one attached hydrogen (secondary N) is 3. The summed E-state index contributed by atoms with van der Waals surface area (Å²) in [5.41, 5.74) is 2.35. The fraction of sp³-hybridized carbons (Fsp3) is 0.237. The molecule has 2 heterocycles. The Bertz CT molecular complexity index is 2030. The molecule has 5 rings (SSSR count). The lowest BCUT2D eigenvalue weighted by Gasteiger charge is -2.25. The summed E-state index contributed by atoms with van der Waals surface area (Å²) in [5.74, 6) is -1.95. The van der Waals surface area contributed by atoms with Crippen molar-refractivity contribution in [2.24, 2.45) is 0 Å². The molecular formula is C38H36Cl2N4O6S2. The summed E-state index contributed by atoms with van der Waals surface area (Å²) in [6.45, 7) is 6.14. The fourth-order valence-electron chi connectivity index (χ4n) is 5.42. The molecule has 3 N–H and O–H groups in total. The van der Waals surface area contributed by atoms with E-state index in [0.717, 1.165) is 10.4 Å². The summed E-state index contributed by atoms with van der Waals surface area (Å²) in [6.07, 6.45) is 2.42. The molecule has 3 aromatic carbocycles. The molecule has 52 heavy (non-hydrogen) atoms. The maximum Gasteiger partial charge on any atom is 0.341 e. The zero-order chi connectivity index (χ0) is 37.4. The van der Waals surface area contributed by atoms with E-state index in [1.54, 1.807) is 72.5 Å². The first kappa shape index (κ1) is 38.6. The Kier molecular flexibility index (Phi) is 13.2. The van der Waals surface area contributed by atoms with Gasteiger partial charge in [-0.1, -0.05) is 60.5 Å². The largest absolute Gasteiger partial charge is 0.462 e. The van der Waals surface area contributed by atoms with Crippen molar-refractivity contribution < 1.29 is 28.7 Å². The van der Waals surface area contributed by atoms with Crippen molar-refractivity contribution in [3.8, 4) is 0 Å². The van der Waals surface area contributed by atoms with Crippen molar-refractivity contribution in [2.75, 3.05) is 23.8 Å². The average Bonchev–Trinajstić information content (AvgIpc) is 3.48. The van der Waals surface area contributed by atoms with Crippen LogP contribution in [0.4, 0.5) is 10.7 Å². The number of nitrogens with zero attached hydrogens (tertiary/aromatic N) is 1. The molecule has 0 fully saturated rings. The molecule has 4 aromatic rings. The minimum absolute atomic E-state index is 0.0515. The van der Waals surface area contributed by atoms with Crippen molar-refractivity contribution in [1.82, 2.24) is 10.2 Å². The molecule has 14 heteroatoms. The van der Waals surface area contributed by atoms with Gasteiger partial charge < -0.3 is 25.6 Å². The molecule has 0 saturated heterocycles. The van der Waals surface area contributed by atoms with Crippen molar-refractivity contribution in [2.45, 2.75) is 50.3 Å². The number of anilines is 2. The van der Waals surface area contributed by atoms with Gasteiger partial charge in [0.15, 0.2) is 0 Å². The van der Waals surface area contributed by atoms with Crippen molar-refractivity contribution in [3.05, 3.63) is 116 Å². The second-order valence-corrected chi connectivity index (χ2v) is 14.9. The summed E-state index contributed by atoms with van der Waals surface area (Å²) in [4.78, 5) is 68.7. The molecule has 0 radical (unpaired) electrons. The van der Waals surface area contributed by atoms with E-state index >= 15 is 0 Å². The highest BCUT2D eigenvalue weighted by molar-refractivity contribution is 8.00. The van der Waals surface area contributed by atoms with E-state index < -0.39 is 23.0 Å². The molecule has 0 spiro atoms. The Balaban J connectivity index is 1.33. The molecule has 0 saturated carbocycles. The zero-order valence-electron chi connectivity index (χ0n) is 28.6. The average molecular weight is 780 g/mol. The summed E-state index contributed by atoms with van der Waals surface area (Å²) in [6, 6.07) is 20.3. The van der Waals surface area contributed by atoms with Crippen LogP contribution in [0.2, 0.25) is 10.0 Å². The molecule has 1 unspecified atom stereocenters. The minimum atomic E-state index is -0.598. The number of ether oxygens (including phenoxy) is 1. The van der Waals surface area contributed by atoms with Gasteiger partial charge in [0.1, 0.15) is 10.7 Å². The topological polar surface area (TPSA) is 134 Å². The lowest BCUT2D eigenvalue weighted by molar-refractivity contribution is -0.129. The van der Waals surface area contributed by atoms with Crippen LogP contribution in [-0.2, 0) is 32.1 Å². The Morgan fingerprint density at radius 3 is 2.44 bits per heavy atom. The Hall–Kier alpha value is -4.62. The van der Waals surface area contributed by atoms with Gasteiger partial charge in [0.25, 0.3) is 11.8 Å². The Labute approximate surface area is 319 Å². The van der Waals surface area contributed by atoms with Gasteiger partial charge in [-0.15, -0.1) is 23.1 Å². The lowest BCUT2D eigenvalue weighted by Crippen LogP contribution is -2.34. The maximum atomic E-state index is 13.7. The van der Waals surface area contributed by atoms with Gasteiger partial charge in [-0.3, -0.25) is 19.2 Å². The number of thioether (sulfide) groups is 1. The van der Waals surface area contributed by atoms with Gasteiger partial charge in [-0.2, -0.15) is 0 Å². The van der Waals surface area contributed by atoms with E-state index in [1.165, 1.54) is 42.2 Å². The van der Waals surface area contributed by atoms with Crippen LogP contribution in [0.3, 0.4) is 0 Å². The number of carbonyl (C=O) groups excluding carboxylic acids is 5. The Morgan fingerprint density at radius 2 is 1.75 bits per heavy atom. The van der Waals surface area contributed by atoms with E-state index in [0.29, 0.717) is 68.3 Å². The lowest BCUT2D eigenvalue weighted by atomic mass is 10.0. The van der Waals surface area contributed by atoms with E-state index in [9.17, 15) is 24.0 Å². The molecule has 0 bridgehead atoms. The molecule has 1 atom stereocenters. The van der Waals surface area contributed by atoms with Gasteiger partial charge in [0, 0.05) is 44.5 Å². The fourth-order valence-corrected chi connectivity index (χ4v) is 8.15. The van der Waals surface area contributed by atoms with Crippen LogP contribution < -0.4 is 16.0 Å². The Morgan fingerprint density at radius 1 is 0.981 bits per heavy atom.